The lowest BCUT2D eigenvalue weighted by Crippen LogP contribution is -2.36. The molecule has 0 fully saturated rings. The van der Waals surface area contributed by atoms with Crippen molar-refractivity contribution in [2.45, 2.75) is 26.9 Å². The highest BCUT2D eigenvalue weighted by atomic mass is 32.1. The number of aryl methyl sites for hydroxylation is 1. The first-order chi connectivity index (χ1) is 9.78. The van der Waals surface area contributed by atoms with Gasteiger partial charge in [-0.05, 0) is 19.4 Å². The van der Waals surface area contributed by atoms with Crippen LogP contribution < -0.4 is 10.6 Å². The van der Waals surface area contributed by atoms with Gasteiger partial charge < -0.3 is 10.6 Å². The fourth-order valence-corrected chi connectivity index (χ4v) is 2.49. The van der Waals surface area contributed by atoms with Crippen molar-refractivity contribution in [3.05, 3.63) is 52.0 Å². The maximum atomic E-state index is 4.58. The van der Waals surface area contributed by atoms with Gasteiger partial charge >= 0.3 is 0 Å². The van der Waals surface area contributed by atoms with Crippen molar-refractivity contribution in [3.63, 3.8) is 0 Å². The number of hydrogen-bond donors (Lipinski definition) is 2. The summed E-state index contributed by atoms with van der Waals surface area (Å²) in [5.41, 5.74) is 1.21. The van der Waals surface area contributed by atoms with Crippen molar-refractivity contribution in [2.75, 3.05) is 6.54 Å². The topological polar surface area (TPSA) is 49.3 Å². The molecule has 1 aromatic carbocycles. The average Bonchev–Trinajstić information content (AvgIpc) is 2.89. The van der Waals surface area contributed by atoms with Crippen LogP contribution in [0, 0.1) is 6.92 Å². The van der Waals surface area contributed by atoms with Crippen LogP contribution in [0.5, 0.6) is 0 Å². The molecular weight excluding hydrogens is 268 g/mol. The predicted octanol–water partition coefficient (Wildman–Crippen LogP) is 2.71. The Bertz CT molecular complexity index is 548. The molecule has 0 saturated carbocycles. The van der Waals surface area contributed by atoms with Gasteiger partial charge in [-0.1, -0.05) is 30.3 Å². The number of nitrogens with zero attached hydrogens (tertiary/aromatic N) is 2. The molecule has 0 amide bonds. The number of thiazole rings is 1. The van der Waals surface area contributed by atoms with Crippen molar-refractivity contribution in [2.24, 2.45) is 4.99 Å². The number of nitrogens with one attached hydrogen (secondary N) is 2. The Morgan fingerprint density at radius 3 is 2.70 bits per heavy atom. The van der Waals surface area contributed by atoms with Gasteiger partial charge in [0.1, 0.15) is 0 Å². The molecule has 0 bridgehead atoms. The summed E-state index contributed by atoms with van der Waals surface area (Å²) in [5.74, 6) is 0.836. The minimum Gasteiger partial charge on any atom is -0.357 e. The zero-order valence-corrected chi connectivity index (χ0v) is 12.7. The zero-order valence-electron chi connectivity index (χ0n) is 11.9. The number of rotatable bonds is 5. The summed E-state index contributed by atoms with van der Waals surface area (Å²) in [6.45, 7) is 6.37. The molecule has 0 aliphatic heterocycles. The Hall–Kier alpha value is -1.88. The second-order valence-electron chi connectivity index (χ2n) is 4.38. The van der Waals surface area contributed by atoms with Crippen LogP contribution in [-0.2, 0) is 13.1 Å². The molecule has 0 aliphatic rings. The Balaban J connectivity index is 1.92. The van der Waals surface area contributed by atoms with Crippen molar-refractivity contribution in [3.8, 4) is 0 Å². The Labute approximate surface area is 124 Å². The summed E-state index contributed by atoms with van der Waals surface area (Å²) >= 11 is 1.71. The summed E-state index contributed by atoms with van der Waals surface area (Å²) in [6.07, 6.45) is 1.91. The van der Waals surface area contributed by atoms with E-state index in [2.05, 4.69) is 39.7 Å². The van der Waals surface area contributed by atoms with Crippen LogP contribution in [0.1, 0.15) is 22.4 Å². The molecule has 1 heterocycles. The second-order valence-corrected chi connectivity index (χ2v) is 5.70. The maximum absolute atomic E-state index is 4.58. The largest absolute Gasteiger partial charge is 0.357 e. The minimum atomic E-state index is 0.678. The molecule has 0 radical (unpaired) electrons. The van der Waals surface area contributed by atoms with Crippen molar-refractivity contribution in [1.82, 2.24) is 15.6 Å². The number of guanidine groups is 1. The maximum Gasteiger partial charge on any atom is 0.191 e. The molecule has 0 atom stereocenters. The molecule has 2 rings (SSSR count). The first-order valence-corrected chi connectivity index (χ1v) is 7.57. The molecule has 0 saturated heterocycles. The van der Waals surface area contributed by atoms with Gasteiger partial charge in [-0.25, -0.2) is 9.98 Å². The minimum absolute atomic E-state index is 0.678. The highest BCUT2D eigenvalue weighted by Gasteiger charge is 2.01. The van der Waals surface area contributed by atoms with Crippen LogP contribution in [0.2, 0.25) is 0 Å². The number of benzene rings is 1. The van der Waals surface area contributed by atoms with E-state index in [1.807, 2.05) is 31.3 Å². The molecule has 2 aromatic rings. The van der Waals surface area contributed by atoms with E-state index in [1.165, 1.54) is 10.4 Å². The Kier molecular flexibility index (Phi) is 5.55. The molecule has 2 N–H and O–H groups in total. The number of hydrogen-bond acceptors (Lipinski definition) is 3. The molecule has 4 nitrogen and oxygen atoms in total. The summed E-state index contributed by atoms with van der Waals surface area (Å²) in [7, 11) is 0. The zero-order chi connectivity index (χ0) is 14.2. The van der Waals surface area contributed by atoms with E-state index in [0.29, 0.717) is 6.54 Å². The highest BCUT2D eigenvalue weighted by molar-refractivity contribution is 7.11. The third kappa shape index (κ3) is 4.66. The fraction of sp³-hybridized carbons (Fsp3) is 0.333. The first kappa shape index (κ1) is 14.5. The molecular formula is C15H20N4S. The van der Waals surface area contributed by atoms with Gasteiger partial charge in [-0.15, -0.1) is 11.3 Å². The van der Waals surface area contributed by atoms with Gasteiger partial charge in [0.2, 0.25) is 0 Å². The fourth-order valence-electron chi connectivity index (χ4n) is 1.75. The van der Waals surface area contributed by atoms with Crippen molar-refractivity contribution in [1.29, 1.82) is 0 Å². The first-order valence-electron chi connectivity index (χ1n) is 6.75. The van der Waals surface area contributed by atoms with E-state index in [4.69, 9.17) is 0 Å². The number of aliphatic imine (C=N–C) groups is 1. The van der Waals surface area contributed by atoms with Gasteiger partial charge in [-0.2, -0.15) is 0 Å². The third-order valence-corrected chi connectivity index (χ3v) is 3.62. The lowest BCUT2D eigenvalue weighted by atomic mass is 10.2. The van der Waals surface area contributed by atoms with E-state index in [-0.39, 0.29) is 0 Å². The molecule has 0 spiro atoms. The van der Waals surface area contributed by atoms with Gasteiger partial charge in [0, 0.05) is 17.6 Å². The summed E-state index contributed by atoms with van der Waals surface area (Å²) in [5, 5.41) is 7.67. The second kappa shape index (κ2) is 7.65. The molecule has 0 unspecified atom stereocenters. The molecule has 106 valence electrons. The molecule has 20 heavy (non-hydrogen) atoms. The van der Waals surface area contributed by atoms with E-state index in [0.717, 1.165) is 24.1 Å². The Morgan fingerprint density at radius 1 is 1.25 bits per heavy atom. The standard InChI is InChI=1S/C15H20N4S/c1-3-16-15(18-9-13-7-5-4-6-8-13)19-11-14-10-17-12(2)20-14/h4-8,10H,3,9,11H2,1-2H3,(H2,16,18,19). The van der Waals surface area contributed by atoms with Crippen LogP contribution in [0.25, 0.3) is 0 Å². The van der Waals surface area contributed by atoms with E-state index in [1.54, 1.807) is 11.3 Å². The average molecular weight is 288 g/mol. The van der Waals surface area contributed by atoms with Gasteiger partial charge in [0.05, 0.1) is 18.1 Å². The quantitative estimate of drug-likeness (QED) is 0.657. The summed E-state index contributed by atoms with van der Waals surface area (Å²) in [4.78, 5) is 10.1. The van der Waals surface area contributed by atoms with Crippen molar-refractivity contribution < 1.29 is 0 Å². The van der Waals surface area contributed by atoms with Crippen LogP contribution >= 0.6 is 11.3 Å². The van der Waals surface area contributed by atoms with Crippen molar-refractivity contribution >= 4 is 17.3 Å². The summed E-state index contributed by atoms with van der Waals surface area (Å²) < 4.78 is 0. The summed E-state index contributed by atoms with van der Waals surface area (Å²) in [6, 6.07) is 10.2. The van der Waals surface area contributed by atoms with Crippen LogP contribution in [0.3, 0.4) is 0 Å². The van der Waals surface area contributed by atoms with Crippen LogP contribution in [-0.4, -0.2) is 17.5 Å². The lowest BCUT2D eigenvalue weighted by Gasteiger charge is -2.10. The molecule has 0 aliphatic carbocycles. The highest BCUT2D eigenvalue weighted by Crippen LogP contribution is 2.10. The monoisotopic (exact) mass is 288 g/mol. The van der Waals surface area contributed by atoms with Gasteiger partial charge in [0.15, 0.2) is 5.96 Å². The molecule has 1 aromatic heterocycles. The number of aromatic nitrogens is 1. The SMILES string of the molecule is CCNC(=NCc1ccccc1)NCc1cnc(C)s1. The Morgan fingerprint density at radius 2 is 2.05 bits per heavy atom. The van der Waals surface area contributed by atoms with E-state index in [9.17, 15) is 0 Å². The van der Waals surface area contributed by atoms with Crippen LogP contribution in [0.4, 0.5) is 0 Å². The third-order valence-electron chi connectivity index (χ3n) is 2.71. The van der Waals surface area contributed by atoms with Gasteiger partial charge in [-0.3, -0.25) is 0 Å². The predicted molar refractivity (Wildman–Crippen MR) is 84.9 cm³/mol. The van der Waals surface area contributed by atoms with Crippen LogP contribution in [0.15, 0.2) is 41.5 Å². The van der Waals surface area contributed by atoms with E-state index >= 15 is 0 Å². The lowest BCUT2D eigenvalue weighted by molar-refractivity contribution is 0.822. The van der Waals surface area contributed by atoms with E-state index < -0.39 is 0 Å². The smallest absolute Gasteiger partial charge is 0.191 e. The van der Waals surface area contributed by atoms with Gasteiger partial charge in [0.25, 0.3) is 0 Å². The molecule has 5 heteroatoms. The normalized spacial score (nSPS) is 11.4.